The second kappa shape index (κ2) is 9.64. The largest absolute Gasteiger partial charge is 0.451 e. The van der Waals surface area contributed by atoms with Crippen LogP contribution in [0, 0.1) is 6.92 Å². The van der Waals surface area contributed by atoms with E-state index in [1.165, 1.54) is 14.2 Å². The van der Waals surface area contributed by atoms with Crippen LogP contribution in [0.1, 0.15) is 35.7 Å². The number of nitrogens with zero attached hydrogens (tertiary/aromatic N) is 4. The number of aryl methyl sites for hydroxylation is 2. The predicted octanol–water partition coefficient (Wildman–Crippen LogP) is 2.36. The first-order valence-corrected chi connectivity index (χ1v) is 11.9. The van der Waals surface area contributed by atoms with E-state index in [2.05, 4.69) is 15.0 Å². The molecule has 0 aromatic carbocycles. The first-order chi connectivity index (χ1) is 16.5. The zero-order valence-electron chi connectivity index (χ0n) is 19.5. The highest BCUT2D eigenvalue weighted by Crippen LogP contribution is 2.35. The van der Waals surface area contributed by atoms with Crippen LogP contribution in [0.25, 0.3) is 10.2 Å². The molecule has 2 fully saturated rings. The average Bonchev–Trinajstić information content (AvgIpc) is 3.33. The van der Waals surface area contributed by atoms with Crippen molar-refractivity contribution in [3.05, 3.63) is 31.3 Å². The molecular formula is C21H26F3N5O5S. The van der Waals surface area contributed by atoms with Crippen molar-refractivity contribution in [2.45, 2.75) is 57.6 Å². The normalized spacial score (nSPS) is 21.4. The third kappa shape index (κ3) is 4.94. The van der Waals surface area contributed by atoms with E-state index < -0.39 is 42.5 Å². The minimum atomic E-state index is -4.46. The molecule has 1 aliphatic carbocycles. The summed E-state index contributed by atoms with van der Waals surface area (Å²) in [7, 11) is 2.75. The molecule has 35 heavy (non-hydrogen) atoms. The number of fused-ring (bicyclic) bond motifs is 1. The number of rotatable bonds is 6. The molecule has 1 N–H and O–H groups in total. The monoisotopic (exact) mass is 517 g/mol. The summed E-state index contributed by atoms with van der Waals surface area (Å²) in [6, 6.07) is -0.425. The molecule has 10 nitrogen and oxygen atoms in total. The van der Waals surface area contributed by atoms with E-state index in [1.807, 2.05) is 0 Å². The quantitative estimate of drug-likeness (QED) is 0.627. The zero-order chi connectivity index (χ0) is 25.5. The molecule has 192 valence electrons. The fourth-order valence-electron chi connectivity index (χ4n) is 4.35. The van der Waals surface area contributed by atoms with E-state index in [0.29, 0.717) is 42.3 Å². The van der Waals surface area contributed by atoms with E-state index in [-0.39, 0.29) is 22.9 Å². The fraction of sp³-hybridized carbons (Fsp3) is 0.619. The molecule has 14 heteroatoms. The van der Waals surface area contributed by atoms with Crippen molar-refractivity contribution >= 4 is 33.6 Å². The molecule has 0 spiro atoms. The van der Waals surface area contributed by atoms with E-state index in [9.17, 15) is 27.6 Å². The molecule has 2 aromatic rings. The van der Waals surface area contributed by atoms with Crippen molar-refractivity contribution in [1.29, 1.82) is 0 Å². The third-order valence-electron chi connectivity index (χ3n) is 6.40. The van der Waals surface area contributed by atoms with Gasteiger partial charge in [-0.3, -0.25) is 13.9 Å². The number of carbonyl (C=O) groups excluding carboxylic acids is 1. The van der Waals surface area contributed by atoms with Crippen LogP contribution in [-0.2, 0) is 22.6 Å². The van der Waals surface area contributed by atoms with Crippen molar-refractivity contribution in [2.75, 3.05) is 27.3 Å². The molecule has 2 aliphatic rings. The van der Waals surface area contributed by atoms with Crippen molar-refractivity contribution in [2.24, 2.45) is 4.99 Å². The second-order valence-electron chi connectivity index (χ2n) is 8.54. The minimum Gasteiger partial charge on any atom is -0.451 e. The van der Waals surface area contributed by atoms with Crippen LogP contribution in [0.3, 0.4) is 0 Å². The Labute approximate surface area is 201 Å². The summed E-state index contributed by atoms with van der Waals surface area (Å²) in [4.78, 5) is 44.8. The van der Waals surface area contributed by atoms with Crippen LogP contribution in [-0.4, -0.2) is 65.7 Å². The van der Waals surface area contributed by atoms with Crippen molar-refractivity contribution in [1.82, 2.24) is 19.4 Å². The lowest BCUT2D eigenvalue weighted by molar-refractivity contribution is -0.136. The van der Waals surface area contributed by atoms with Gasteiger partial charge < -0.3 is 19.7 Å². The van der Waals surface area contributed by atoms with Gasteiger partial charge in [0.15, 0.2) is 0 Å². The summed E-state index contributed by atoms with van der Waals surface area (Å²) in [5.74, 6) is 0.306. The molecule has 2 aromatic heterocycles. The first-order valence-electron chi connectivity index (χ1n) is 11.1. The van der Waals surface area contributed by atoms with Gasteiger partial charge in [0.1, 0.15) is 4.83 Å². The van der Waals surface area contributed by atoms with E-state index in [1.54, 1.807) is 11.8 Å². The minimum absolute atomic E-state index is 0.0973. The number of halogens is 3. The van der Waals surface area contributed by atoms with Crippen molar-refractivity contribution < 1.29 is 27.4 Å². The van der Waals surface area contributed by atoms with E-state index in [0.717, 1.165) is 20.5 Å². The Morgan fingerprint density at radius 2 is 1.97 bits per heavy atom. The number of ether oxygens (including phenoxy) is 2. The Morgan fingerprint density at radius 1 is 1.26 bits per heavy atom. The SMILES string of the molecule is COC(=O)/N=C1\NCCN1Cc1sc2c(c1C)c(=O)n([C@H]1C[C@@H](OC)C1)c(=O)n2CCC(F)(F)F. The number of aromatic nitrogens is 2. The van der Waals surface area contributed by atoms with Gasteiger partial charge in [-0.25, -0.2) is 9.59 Å². The van der Waals surface area contributed by atoms with Crippen molar-refractivity contribution in [3.8, 4) is 0 Å². The topological polar surface area (TPSA) is 107 Å². The molecule has 1 amide bonds. The number of nitrogens with one attached hydrogen (secondary N) is 1. The van der Waals surface area contributed by atoms with Crippen LogP contribution in [0.4, 0.5) is 18.0 Å². The highest BCUT2D eigenvalue weighted by atomic mass is 32.1. The third-order valence-corrected chi connectivity index (χ3v) is 7.70. The standard InChI is InChI=1S/C21H26F3N5O5S/c1-11-14(10-27-7-5-25-18(27)26-19(31)34-3)35-17-15(11)16(30)29(12-8-13(9-12)33-2)20(32)28(17)6-4-21(22,23)24/h12-13H,4-10H2,1-3H3,(H,25,26,31)/t12-,13+. The number of hydrogen-bond donors (Lipinski definition) is 1. The van der Waals surface area contributed by atoms with Crippen LogP contribution in [0.15, 0.2) is 14.6 Å². The number of thiophene rings is 1. The van der Waals surface area contributed by atoms with Crippen LogP contribution >= 0.6 is 11.3 Å². The Morgan fingerprint density at radius 3 is 2.60 bits per heavy atom. The number of carbonyl (C=O) groups is 1. The lowest BCUT2D eigenvalue weighted by Crippen LogP contribution is -2.47. The number of guanidine groups is 1. The number of amides is 1. The smallest absolute Gasteiger partial charge is 0.436 e. The molecule has 1 aliphatic heterocycles. The molecule has 1 saturated carbocycles. The summed E-state index contributed by atoms with van der Waals surface area (Å²) >= 11 is 1.11. The van der Waals surface area contributed by atoms with Crippen LogP contribution in [0.2, 0.25) is 0 Å². The summed E-state index contributed by atoms with van der Waals surface area (Å²) in [6.45, 7) is 2.45. The first kappa shape index (κ1) is 25.2. The highest BCUT2D eigenvalue weighted by Gasteiger charge is 2.35. The maximum atomic E-state index is 13.4. The van der Waals surface area contributed by atoms with Gasteiger partial charge in [-0.1, -0.05) is 0 Å². The number of methoxy groups -OCH3 is 2. The van der Waals surface area contributed by atoms with Gasteiger partial charge >= 0.3 is 18.0 Å². The van der Waals surface area contributed by atoms with Gasteiger partial charge in [0.05, 0.1) is 31.6 Å². The van der Waals surface area contributed by atoms with Gasteiger partial charge in [0.25, 0.3) is 5.56 Å². The van der Waals surface area contributed by atoms with Crippen LogP contribution in [0.5, 0.6) is 0 Å². The highest BCUT2D eigenvalue weighted by molar-refractivity contribution is 7.18. The van der Waals surface area contributed by atoms with Crippen LogP contribution < -0.4 is 16.6 Å². The summed E-state index contributed by atoms with van der Waals surface area (Å²) in [6.07, 6.45) is -5.63. The molecule has 0 bridgehead atoms. The predicted molar refractivity (Wildman–Crippen MR) is 123 cm³/mol. The number of hydrogen-bond acceptors (Lipinski definition) is 6. The molecule has 0 radical (unpaired) electrons. The van der Waals surface area contributed by atoms with Gasteiger partial charge in [-0.2, -0.15) is 13.2 Å². The van der Waals surface area contributed by atoms with Gasteiger partial charge in [0, 0.05) is 37.7 Å². The summed E-state index contributed by atoms with van der Waals surface area (Å²) in [5.41, 5.74) is -0.651. The fourth-order valence-corrected chi connectivity index (χ4v) is 5.68. The van der Waals surface area contributed by atoms with Gasteiger partial charge in [-0.15, -0.1) is 16.3 Å². The molecular weight excluding hydrogens is 491 g/mol. The Balaban J connectivity index is 1.79. The number of alkyl halides is 3. The van der Waals surface area contributed by atoms with E-state index >= 15 is 0 Å². The Bertz CT molecular complexity index is 1280. The average molecular weight is 518 g/mol. The molecule has 0 atom stereocenters. The zero-order valence-corrected chi connectivity index (χ0v) is 20.3. The lowest BCUT2D eigenvalue weighted by atomic mass is 9.89. The maximum absolute atomic E-state index is 13.4. The number of aliphatic imine (C=N–C) groups is 1. The maximum Gasteiger partial charge on any atom is 0.436 e. The Hall–Kier alpha value is -2.87. The Kier molecular flexibility index (Phi) is 6.95. The van der Waals surface area contributed by atoms with E-state index in [4.69, 9.17) is 4.74 Å². The summed E-state index contributed by atoms with van der Waals surface area (Å²) in [5, 5.41) is 3.23. The molecule has 0 unspecified atom stereocenters. The lowest BCUT2D eigenvalue weighted by Gasteiger charge is -2.35. The summed E-state index contributed by atoms with van der Waals surface area (Å²) < 4.78 is 51.1. The molecule has 4 rings (SSSR count). The molecule has 3 heterocycles. The molecule has 1 saturated heterocycles. The van der Waals surface area contributed by atoms with Gasteiger partial charge in [0.2, 0.25) is 5.96 Å². The van der Waals surface area contributed by atoms with Gasteiger partial charge in [-0.05, 0) is 25.3 Å². The van der Waals surface area contributed by atoms with Crippen molar-refractivity contribution in [3.63, 3.8) is 0 Å². The second-order valence-corrected chi connectivity index (χ2v) is 9.63.